The molecular formula is C14H16F2N2O3. The fourth-order valence-corrected chi connectivity index (χ4v) is 2.49. The summed E-state index contributed by atoms with van der Waals surface area (Å²) in [5.74, 6) is -0.354. The second-order valence-electron chi connectivity index (χ2n) is 5.40. The van der Waals surface area contributed by atoms with E-state index in [-0.39, 0.29) is 23.3 Å². The van der Waals surface area contributed by atoms with E-state index in [9.17, 15) is 13.6 Å². The SMILES string of the molecule is CC1CCC(C(=O)Nc2ccc3c(c2)OC(F)(F)O3)CN1. The summed E-state index contributed by atoms with van der Waals surface area (Å²) in [7, 11) is 0. The summed E-state index contributed by atoms with van der Waals surface area (Å²) in [5, 5.41) is 5.97. The molecule has 2 aliphatic rings. The largest absolute Gasteiger partial charge is 0.586 e. The molecule has 1 saturated heterocycles. The normalized spacial score (nSPS) is 26.4. The number of carbonyl (C=O) groups excluding carboxylic acids is 1. The van der Waals surface area contributed by atoms with E-state index in [1.54, 1.807) is 0 Å². The molecule has 3 rings (SSSR count). The first-order valence-electron chi connectivity index (χ1n) is 6.87. The van der Waals surface area contributed by atoms with Gasteiger partial charge in [0.05, 0.1) is 5.92 Å². The number of nitrogens with one attached hydrogen (secondary N) is 2. The predicted octanol–water partition coefficient (Wildman–Crippen LogP) is 2.33. The first-order chi connectivity index (χ1) is 9.93. The maximum Gasteiger partial charge on any atom is 0.586 e. The van der Waals surface area contributed by atoms with E-state index < -0.39 is 6.29 Å². The van der Waals surface area contributed by atoms with Gasteiger partial charge >= 0.3 is 6.29 Å². The number of rotatable bonds is 2. The number of fused-ring (bicyclic) bond motifs is 1. The smallest absolute Gasteiger partial charge is 0.395 e. The molecule has 0 saturated carbocycles. The molecule has 1 amide bonds. The zero-order valence-corrected chi connectivity index (χ0v) is 11.5. The Morgan fingerprint density at radius 2 is 2.10 bits per heavy atom. The summed E-state index contributed by atoms with van der Waals surface area (Å²) in [6.07, 6.45) is -1.90. The molecule has 2 heterocycles. The van der Waals surface area contributed by atoms with Crippen molar-refractivity contribution >= 4 is 11.6 Å². The van der Waals surface area contributed by atoms with Crippen molar-refractivity contribution < 1.29 is 23.0 Å². The number of benzene rings is 1. The second kappa shape index (κ2) is 5.14. The van der Waals surface area contributed by atoms with Crippen LogP contribution >= 0.6 is 0 Å². The lowest BCUT2D eigenvalue weighted by Crippen LogP contribution is -2.41. The molecule has 0 radical (unpaired) electrons. The zero-order chi connectivity index (χ0) is 15.0. The lowest BCUT2D eigenvalue weighted by Gasteiger charge is -2.26. The van der Waals surface area contributed by atoms with Crippen molar-refractivity contribution in [1.29, 1.82) is 0 Å². The van der Waals surface area contributed by atoms with Gasteiger partial charge in [-0.2, -0.15) is 0 Å². The van der Waals surface area contributed by atoms with E-state index in [0.717, 1.165) is 12.8 Å². The molecule has 0 spiro atoms. The van der Waals surface area contributed by atoms with Gasteiger partial charge in [-0.15, -0.1) is 8.78 Å². The maximum absolute atomic E-state index is 12.9. The Hall–Kier alpha value is -1.89. The molecule has 5 nitrogen and oxygen atoms in total. The predicted molar refractivity (Wildman–Crippen MR) is 71.5 cm³/mol. The van der Waals surface area contributed by atoms with Gasteiger partial charge in [-0.25, -0.2) is 0 Å². The Labute approximate surface area is 120 Å². The molecule has 114 valence electrons. The number of piperidine rings is 1. The molecular weight excluding hydrogens is 282 g/mol. The van der Waals surface area contributed by atoms with Crippen LogP contribution < -0.4 is 20.1 Å². The van der Waals surface area contributed by atoms with Crippen LogP contribution in [-0.4, -0.2) is 24.8 Å². The van der Waals surface area contributed by atoms with Crippen LogP contribution in [0.1, 0.15) is 19.8 Å². The van der Waals surface area contributed by atoms with Gasteiger partial charge in [0.1, 0.15) is 0 Å². The number of carbonyl (C=O) groups is 1. The lowest BCUT2D eigenvalue weighted by molar-refractivity contribution is -0.286. The zero-order valence-electron chi connectivity index (χ0n) is 11.5. The van der Waals surface area contributed by atoms with E-state index in [4.69, 9.17) is 0 Å². The Bertz CT molecular complexity index is 557. The molecule has 1 fully saturated rings. The van der Waals surface area contributed by atoms with E-state index in [2.05, 4.69) is 27.0 Å². The quantitative estimate of drug-likeness (QED) is 0.880. The Morgan fingerprint density at radius 3 is 2.81 bits per heavy atom. The van der Waals surface area contributed by atoms with Gasteiger partial charge in [0.2, 0.25) is 5.91 Å². The third-order valence-electron chi connectivity index (χ3n) is 3.70. The summed E-state index contributed by atoms with van der Waals surface area (Å²) in [4.78, 5) is 12.1. The number of hydrogen-bond acceptors (Lipinski definition) is 4. The minimum absolute atomic E-state index is 0.0360. The number of halogens is 2. The molecule has 0 aliphatic carbocycles. The molecule has 2 N–H and O–H groups in total. The first-order valence-corrected chi connectivity index (χ1v) is 6.87. The highest BCUT2D eigenvalue weighted by Gasteiger charge is 2.43. The van der Waals surface area contributed by atoms with Crippen LogP contribution in [0.25, 0.3) is 0 Å². The van der Waals surface area contributed by atoms with Crippen molar-refractivity contribution in [1.82, 2.24) is 5.32 Å². The van der Waals surface area contributed by atoms with Crippen molar-refractivity contribution in [2.75, 3.05) is 11.9 Å². The summed E-state index contributed by atoms with van der Waals surface area (Å²) >= 11 is 0. The Kier molecular flexibility index (Phi) is 3.44. The van der Waals surface area contributed by atoms with Gasteiger partial charge in [0, 0.05) is 24.3 Å². The molecule has 2 aliphatic heterocycles. The summed E-state index contributed by atoms with van der Waals surface area (Å²) < 4.78 is 34.5. The van der Waals surface area contributed by atoms with E-state index in [0.29, 0.717) is 18.3 Å². The Morgan fingerprint density at radius 1 is 1.33 bits per heavy atom. The van der Waals surface area contributed by atoms with Crippen LogP contribution in [0.5, 0.6) is 11.5 Å². The lowest BCUT2D eigenvalue weighted by atomic mass is 9.95. The second-order valence-corrected chi connectivity index (χ2v) is 5.40. The van der Waals surface area contributed by atoms with Crippen LogP contribution in [0, 0.1) is 5.92 Å². The molecule has 0 aromatic heterocycles. The molecule has 7 heteroatoms. The van der Waals surface area contributed by atoms with Gasteiger partial charge in [-0.3, -0.25) is 4.79 Å². The Balaban J connectivity index is 1.65. The number of hydrogen-bond donors (Lipinski definition) is 2. The van der Waals surface area contributed by atoms with E-state index >= 15 is 0 Å². The highest BCUT2D eigenvalue weighted by Crippen LogP contribution is 2.42. The molecule has 2 unspecified atom stereocenters. The third-order valence-corrected chi connectivity index (χ3v) is 3.70. The fraction of sp³-hybridized carbons (Fsp3) is 0.500. The van der Waals surface area contributed by atoms with Crippen molar-refractivity contribution in [3.05, 3.63) is 18.2 Å². The summed E-state index contributed by atoms with van der Waals surface area (Å²) in [5.41, 5.74) is 0.415. The van der Waals surface area contributed by atoms with Gasteiger partial charge < -0.3 is 20.1 Å². The van der Waals surface area contributed by atoms with Crippen LogP contribution in [0.4, 0.5) is 14.5 Å². The molecule has 2 atom stereocenters. The maximum atomic E-state index is 12.9. The fourth-order valence-electron chi connectivity index (χ4n) is 2.49. The van der Waals surface area contributed by atoms with Gasteiger partial charge in [0.15, 0.2) is 11.5 Å². The third kappa shape index (κ3) is 3.07. The van der Waals surface area contributed by atoms with Crippen LogP contribution in [-0.2, 0) is 4.79 Å². The van der Waals surface area contributed by atoms with E-state index in [1.165, 1.54) is 18.2 Å². The number of amides is 1. The minimum atomic E-state index is -3.64. The number of alkyl halides is 2. The number of ether oxygens (including phenoxy) is 2. The van der Waals surface area contributed by atoms with Crippen molar-refractivity contribution in [3.63, 3.8) is 0 Å². The average molecular weight is 298 g/mol. The first kappa shape index (κ1) is 14.1. The van der Waals surface area contributed by atoms with Gasteiger partial charge in [-0.05, 0) is 31.9 Å². The monoisotopic (exact) mass is 298 g/mol. The van der Waals surface area contributed by atoms with Gasteiger partial charge in [-0.1, -0.05) is 0 Å². The topological polar surface area (TPSA) is 59.6 Å². The number of anilines is 1. The van der Waals surface area contributed by atoms with Crippen molar-refractivity contribution in [3.8, 4) is 11.5 Å². The average Bonchev–Trinajstić information content (AvgIpc) is 2.72. The standard InChI is InChI=1S/C14H16F2N2O3/c1-8-2-3-9(7-17-8)13(19)18-10-4-5-11-12(6-10)21-14(15,16)20-11/h4-6,8-9,17H,2-3,7H2,1H3,(H,18,19). The molecule has 1 aromatic rings. The minimum Gasteiger partial charge on any atom is -0.395 e. The van der Waals surface area contributed by atoms with Crippen LogP contribution in [0.15, 0.2) is 18.2 Å². The summed E-state index contributed by atoms with van der Waals surface area (Å²) in [6, 6.07) is 4.63. The molecule has 1 aromatic carbocycles. The van der Waals surface area contributed by atoms with Crippen molar-refractivity contribution in [2.24, 2.45) is 5.92 Å². The molecule has 21 heavy (non-hydrogen) atoms. The van der Waals surface area contributed by atoms with Gasteiger partial charge in [0.25, 0.3) is 0 Å². The molecule has 0 bridgehead atoms. The van der Waals surface area contributed by atoms with Crippen LogP contribution in [0.3, 0.4) is 0 Å². The van der Waals surface area contributed by atoms with E-state index in [1.807, 2.05) is 0 Å². The summed E-state index contributed by atoms with van der Waals surface area (Å²) in [6.45, 7) is 2.70. The highest BCUT2D eigenvalue weighted by molar-refractivity contribution is 5.93. The van der Waals surface area contributed by atoms with Crippen LogP contribution in [0.2, 0.25) is 0 Å². The highest BCUT2D eigenvalue weighted by atomic mass is 19.3. The van der Waals surface area contributed by atoms with Crippen molar-refractivity contribution in [2.45, 2.75) is 32.1 Å².